The monoisotopic (exact) mass is 1270 g/mol. The van der Waals surface area contributed by atoms with Crippen molar-refractivity contribution in [3.8, 4) is 0 Å². The molecule has 2 aromatic rings. The van der Waals surface area contributed by atoms with E-state index in [2.05, 4.69) is 16.0 Å². The van der Waals surface area contributed by atoms with Crippen LogP contribution in [0.4, 0.5) is 19.2 Å². The van der Waals surface area contributed by atoms with E-state index >= 15 is 0 Å². The molecule has 0 spiro atoms. The number of ketones is 1. The minimum atomic E-state index is -2.37. The van der Waals surface area contributed by atoms with E-state index in [0.717, 1.165) is 21.4 Å². The number of nitrogens with zero attached hydrogens (tertiary/aromatic N) is 3. The first-order valence-corrected chi connectivity index (χ1v) is 33.0. The second kappa shape index (κ2) is 33.3. The van der Waals surface area contributed by atoms with E-state index in [4.69, 9.17) is 18.9 Å². The van der Waals surface area contributed by atoms with Crippen molar-refractivity contribution in [1.29, 1.82) is 0 Å². The molecule has 3 fully saturated rings. The number of hydrogen-bond acceptors (Lipinski definition) is 15. The van der Waals surface area contributed by atoms with Crippen LogP contribution in [-0.4, -0.2) is 175 Å². The molecule has 0 radical (unpaired) electrons. The Balaban J connectivity index is 0.00000134. The number of amides is 7. The molecular weight excluding hydrogens is 1190 g/mol. The molecule has 3 saturated heterocycles. The zero-order valence-electron chi connectivity index (χ0n) is 47.8. The molecular formula is C53H83IKN6O15S2-. The van der Waals surface area contributed by atoms with E-state index in [9.17, 15) is 46.8 Å². The fourth-order valence-electron chi connectivity index (χ4n) is 7.49. The summed E-state index contributed by atoms with van der Waals surface area (Å²) in [7, 11) is -2.37. The first kappa shape index (κ1) is 74.3. The van der Waals surface area contributed by atoms with Gasteiger partial charge in [-0.3, -0.25) is 27.6 Å². The SMILES string of the molecule is CC(C)(C)OC(=O)N1C(=O)CC[C@H]1C(=O)NC1CCN(C(=O)OCc2ccccc2)CC1.CC(C)(C)OC(=O)N[C@@H](CCC(=O)C=S(C)(C)=O)C(=O)NC1CCN(C(=O)OCc2ccccc2)CC1.CS(C)(C)(=O)I.[CH3-].[K+].[OH-]. The Morgan fingerprint density at radius 2 is 1.13 bits per heavy atom. The Kier molecular flexibility index (Phi) is 31.7. The standard InChI is InChI=1S/C26H39N3O7S.C23H31N3O6.C3H9IOS.CH3.K.H2O/c1-26(2,3)36-24(32)28-22(12-11-21(30)18-37(4,5)34)23(31)27-20-13-15-29(16-14-20)25(33)35-17-19-9-7-6-8-10-19;1-23(2,3)32-22(30)26-18(9-10-19(26)27)20(28)24-17-11-13-25(14-12-17)21(29)31-15-16-7-5-4-6-8-16;1-6(2,3,4)5;;;/h6-10,18,20,22H,11-17H2,1-5H3,(H,27,31)(H,28,32);4-8,17-18H,9-15H2,1-3H3,(H,24,28);1-3H3;1H3;;1H2/q;;;-1;+1;/p-1/t22-;18-;;;;/m00..../s1. The average Bonchev–Trinajstić information content (AvgIpc) is 3.69. The first-order valence-electron chi connectivity index (χ1n) is 24.8. The maximum Gasteiger partial charge on any atom is 1.00 e. The number of carbonyl (C=O) groups is 8. The molecule has 0 bridgehead atoms. The summed E-state index contributed by atoms with van der Waals surface area (Å²) in [6, 6.07) is 16.6. The predicted octanol–water partition coefficient (Wildman–Crippen LogP) is 3.65. The number of imide groups is 1. The molecule has 25 heteroatoms. The van der Waals surface area contributed by atoms with Gasteiger partial charge >= 0.3 is 75.8 Å². The molecule has 3 heterocycles. The quantitative estimate of drug-likeness (QED) is 0.0645. The third-order valence-electron chi connectivity index (χ3n) is 10.8. The zero-order chi connectivity index (χ0) is 56.4. The largest absolute Gasteiger partial charge is 1.00 e. The normalized spacial score (nSPS) is 16.8. The summed E-state index contributed by atoms with van der Waals surface area (Å²) < 4.78 is 43.9. The van der Waals surface area contributed by atoms with Crippen molar-refractivity contribution < 1.29 is 123 Å². The molecule has 78 heavy (non-hydrogen) atoms. The number of ether oxygens (including phenoxy) is 4. The van der Waals surface area contributed by atoms with Crippen molar-refractivity contribution >= 4 is 90.2 Å². The molecule has 21 nitrogen and oxygen atoms in total. The summed E-state index contributed by atoms with van der Waals surface area (Å²) in [5.41, 5.74) is 0.302. The average molecular weight is 1270 g/mol. The van der Waals surface area contributed by atoms with Crippen molar-refractivity contribution in [3.63, 3.8) is 0 Å². The van der Waals surface area contributed by atoms with Gasteiger partial charge in [-0.1, -0.05) is 66.9 Å². The van der Waals surface area contributed by atoms with Crippen LogP contribution in [0.5, 0.6) is 0 Å². The minimum Gasteiger partial charge on any atom is -0.870 e. The van der Waals surface area contributed by atoms with Gasteiger partial charge in [0, 0.05) is 90.2 Å². The van der Waals surface area contributed by atoms with Crippen LogP contribution in [0.25, 0.3) is 0 Å². The Labute approximate surface area is 516 Å². The third-order valence-corrected chi connectivity index (χ3v) is 11.6. The Morgan fingerprint density at radius 1 is 0.718 bits per heavy atom. The first-order chi connectivity index (χ1) is 34.6. The summed E-state index contributed by atoms with van der Waals surface area (Å²) in [5, 5.41) is 9.54. The summed E-state index contributed by atoms with van der Waals surface area (Å²) in [5.74, 6) is -1.58. The molecule has 0 saturated carbocycles. The van der Waals surface area contributed by atoms with Crippen LogP contribution in [0.3, 0.4) is 0 Å². The number of Topliss-reactive ketones (excluding diaryl/α,β-unsaturated/α-hetero) is 1. The molecule has 3 aliphatic heterocycles. The third kappa shape index (κ3) is 31.9. The number of benzene rings is 2. The number of piperidine rings is 2. The van der Waals surface area contributed by atoms with E-state index < -0.39 is 69.1 Å². The Bertz CT molecular complexity index is 2470. The zero-order valence-corrected chi connectivity index (χ0v) is 54.7. The van der Waals surface area contributed by atoms with Gasteiger partial charge in [0.15, 0.2) is 5.78 Å². The van der Waals surface area contributed by atoms with Gasteiger partial charge in [-0.2, -0.15) is 0 Å². The summed E-state index contributed by atoms with van der Waals surface area (Å²) in [6.45, 7) is 12.4. The van der Waals surface area contributed by atoms with Gasteiger partial charge in [0.05, 0.1) is 0 Å². The topological polar surface area (TPSA) is 283 Å². The molecule has 7 amide bonds. The minimum absolute atomic E-state index is 0. The summed E-state index contributed by atoms with van der Waals surface area (Å²) >= 11 is 1.96. The van der Waals surface area contributed by atoms with Crippen molar-refractivity contribution in [2.24, 2.45) is 0 Å². The molecule has 0 aliphatic carbocycles. The Hall–Kier alpha value is -3.70. The van der Waals surface area contributed by atoms with Crippen molar-refractivity contribution in [3.05, 3.63) is 79.2 Å². The molecule has 4 N–H and O–H groups in total. The van der Waals surface area contributed by atoms with Crippen LogP contribution in [0.15, 0.2) is 60.7 Å². The van der Waals surface area contributed by atoms with Gasteiger partial charge in [0.2, 0.25) is 17.7 Å². The van der Waals surface area contributed by atoms with Crippen molar-refractivity contribution in [2.45, 2.75) is 141 Å². The molecule has 3 aliphatic rings. The molecule has 2 atom stereocenters. The number of likely N-dealkylation sites (tertiary alicyclic amines) is 3. The molecule has 436 valence electrons. The number of halogens is 1. The fraction of sp³-hybridized carbons (Fsp3) is 0.585. The van der Waals surface area contributed by atoms with E-state index in [1.165, 1.54) is 12.5 Å². The van der Waals surface area contributed by atoms with E-state index in [-0.39, 0.29) is 133 Å². The van der Waals surface area contributed by atoms with Crippen LogP contribution in [0.1, 0.15) is 104 Å². The maximum absolute atomic E-state index is 13.0. The maximum atomic E-state index is 13.0. The van der Waals surface area contributed by atoms with E-state index in [1.807, 2.05) is 81.9 Å². The molecule has 2 aromatic carbocycles. The van der Waals surface area contributed by atoms with Crippen LogP contribution < -0.4 is 67.3 Å². The van der Waals surface area contributed by atoms with Crippen LogP contribution in [0, 0.1) is 7.43 Å². The van der Waals surface area contributed by atoms with Gasteiger partial charge in [0.25, 0.3) is 0 Å². The number of hydrogen-bond donors (Lipinski definition) is 3. The molecule has 0 aromatic heterocycles. The van der Waals surface area contributed by atoms with Crippen LogP contribution in [0.2, 0.25) is 0 Å². The summed E-state index contributed by atoms with van der Waals surface area (Å²) in [6.07, 6.45) is 6.23. The van der Waals surface area contributed by atoms with Crippen LogP contribution in [-0.2, 0) is 67.1 Å². The van der Waals surface area contributed by atoms with Gasteiger partial charge in [0.1, 0.15) is 36.5 Å². The van der Waals surface area contributed by atoms with Gasteiger partial charge in [-0.05, 0) is 119 Å². The molecule has 5 rings (SSSR count). The van der Waals surface area contributed by atoms with Gasteiger partial charge in [-0.25, -0.2) is 24.1 Å². The smallest absolute Gasteiger partial charge is 0.870 e. The van der Waals surface area contributed by atoms with Gasteiger partial charge < -0.3 is 57.6 Å². The predicted molar refractivity (Wildman–Crippen MR) is 307 cm³/mol. The van der Waals surface area contributed by atoms with Crippen LogP contribution >= 0.6 is 21.2 Å². The van der Waals surface area contributed by atoms with Crippen molar-refractivity contribution in [2.75, 3.05) is 57.5 Å². The molecule has 0 unspecified atom stereocenters. The number of nitrogens with one attached hydrogen (secondary N) is 3. The number of rotatable bonds is 13. The van der Waals surface area contributed by atoms with Crippen molar-refractivity contribution in [1.82, 2.24) is 30.7 Å². The van der Waals surface area contributed by atoms with Gasteiger partial charge in [-0.15, -0.1) is 0 Å². The number of carbonyl (C=O) groups excluding carboxylic acids is 8. The van der Waals surface area contributed by atoms with E-state index in [1.54, 1.807) is 70.1 Å². The van der Waals surface area contributed by atoms with E-state index in [0.29, 0.717) is 51.9 Å². The Morgan fingerprint density at radius 3 is 1.53 bits per heavy atom. The number of alkyl carbamates (subject to hydrolysis) is 1. The summed E-state index contributed by atoms with van der Waals surface area (Å²) in [4.78, 5) is 104. The second-order valence-corrected chi connectivity index (χ2v) is 38.2. The second-order valence-electron chi connectivity index (χ2n) is 21.8. The fourth-order valence-corrected chi connectivity index (χ4v) is 8.24.